The molecule has 1 heterocycles. The standard InChI is InChI=1S/C15H27N/c1-2-12-6-3-4-7-14(12)15(13-8-9-13)10-5-11-16-15/h12-14,16H,2-11H2,1H3. The molecule has 1 nitrogen and oxygen atoms in total. The van der Waals surface area contributed by atoms with Crippen molar-refractivity contribution < 1.29 is 0 Å². The van der Waals surface area contributed by atoms with Crippen molar-refractivity contribution in [3.63, 3.8) is 0 Å². The summed E-state index contributed by atoms with van der Waals surface area (Å²) in [6, 6.07) is 0. The van der Waals surface area contributed by atoms with Crippen LogP contribution in [0.3, 0.4) is 0 Å². The van der Waals surface area contributed by atoms with Crippen LogP contribution >= 0.6 is 0 Å². The van der Waals surface area contributed by atoms with Crippen LogP contribution in [0, 0.1) is 17.8 Å². The van der Waals surface area contributed by atoms with Gasteiger partial charge in [0, 0.05) is 5.54 Å². The van der Waals surface area contributed by atoms with Gasteiger partial charge in [-0.25, -0.2) is 0 Å². The van der Waals surface area contributed by atoms with Crippen LogP contribution in [0.1, 0.15) is 64.7 Å². The molecule has 1 aliphatic heterocycles. The molecule has 3 unspecified atom stereocenters. The maximum absolute atomic E-state index is 3.97. The van der Waals surface area contributed by atoms with E-state index in [9.17, 15) is 0 Å². The van der Waals surface area contributed by atoms with Gasteiger partial charge in [0.2, 0.25) is 0 Å². The predicted molar refractivity (Wildman–Crippen MR) is 68.4 cm³/mol. The highest BCUT2D eigenvalue weighted by molar-refractivity contribution is 5.09. The second kappa shape index (κ2) is 4.33. The Morgan fingerprint density at radius 2 is 1.88 bits per heavy atom. The third kappa shape index (κ3) is 1.72. The van der Waals surface area contributed by atoms with Gasteiger partial charge in [-0.3, -0.25) is 0 Å². The van der Waals surface area contributed by atoms with Crippen LogP contribution in [-0.2, 0) is 0 Å². The molecule has 0 radical (unpaired) electrons. The zero-order chi connectivity index (χ0) is 11.0. The van der Waals surface area contributed by atoms with Gasteiger partial charge in [-0.1, -0.05) is 32.6 Å². The summed E-state index contributed by atoms with van der Waals surface area (Å²) in [6.07, 6.45) is 13.4. The highest BCUT2D eigenvalue weighted by Gasteiger charge is 2.53. The molecule has 2 saturated carbocycles. The predicted octanol–water partition coefficient (Wildman–Crippen LogP) is 3.74. The Morgan fingerprint density at radius 1 is 1.06 bits per heavy atom. The lowest BCUT2D eigenvalue weighted by Crippen LogP contribution is -2.52. The molecule has 3 aliphatic rings. The highest BCUT2D eigenvalue weighted by Crippen LogP contribution is 2.53. The van der Waals surface area contributed by atoms with Crippen LogP contribution in [0.2, 0.25) is 0 Å². The van der Waals surface area contributed by atoms with Gasteiger partial charge in [0.15, 0.2) is 0 Å². The highest BCUT2D eigenvalue weighted by atomic mass is 15.0. The Labute approximate surface area is 100 Å². The summed E-state index contributed by atoms with van der Waals surface area (Å²) in [5.74, 6) is 3.09. The smallest absolute Gasteiger partial charge is 0.0240 e. The fourth-order valence-corrected chi connectivity index (χ4v) is 4.73. The van der Waals surface area contributed by atoms with E-state index in [-0.39, 0.29) is 0 Å². The molecule has 0 aromatic carbocycles. The molecule has 0 aromatic heterocycles. The summed E-state index contributed by atoms with van der Waals surface area (Å²) in [6.45, 7) is 3.71. The maximum Gasteiger partial charge on any atom is 0.0240 e. The summed E-state index contributed by atoms with van der Waals surface area (Å²) in [5.41, 5.74) is 0.598. The second-order valence-corrected chi connectivity index (χ2v) is 6.40. The normalized spacial score (nSPS) is 44.8. The van der Waals surface area contributed by atoms with Gasteiger partial charge >= 0.3 is 0 Å². The van der Waals surface area contributed by atoms with Crippen LogP contribution in [0.4, 0.5) is 0 Å². The molecule has 3 fully saturated rings. The average Bonchev–Trinajstić information content (AvgIpc) is 3.09. The van der Waals surface area contributed by atoms with Crippen molar-refractivity contribution in [1.29, 1.82) is 0 Å². The lowest BCUT2D eigenvalue weighted by Gasteiger charge is -2.45. The third-order valence-electron chi connectivity index (χ3n) is 5.62. The lowest BCUT2D eigenvalue weighted by atomic mass is 9.65. The third-order valence-corrected chi connectivity index (χ3v) is 5.62. The molecular formula is C15H27N. The Balaban J connectivity index is 1.81. The number of nitrogens with one attached hydrogen (secondary N) is 1. The molecule has 2 aliphatic carbocycles. The second-order valence-electron chi connectivity index (χ2n) is 6.40. The van der Waals surface area contributed by atoms with E-state index in [4.69, 9.17) is 0 Å². The average molecular weight is 221 g/mol. The van der Waals surface area contributed by atoms with Gasteiger partial charge < -0.3 is 5.32 Å². The van der Waals surface area contributed by atoms with Crippen molar-refractivity contribution in [3.05, 3.63) is 0 Å². The SMILES string of the molecule is CCC1CCCCC1C1(C2CC2)CCCN1. The van der Waals surface area contributed by atoms with Crippen molar-refractivity contribution in [3.8, 4) is 0 Å². The largest absolute Gasteiger partial charge is 0.311 e. The monoisotopic (exact) mass is 221 g/mol. The first kappa shape index (κ1) is 11.1. The minimum Gasteiger partial charge on any atom is -0.311 e. The summed E-state index contributed by atoms with van der Waals surface area (Å²) in [4.78, 5) is 0. The summed E-state index contributed by atoms with van der Waals surface area (Å²) in [7, 11) is 0. The first-order valence-corrected chi connectivity index (χ1v) is 7.62. The topological polar surface area (TPSA) is 12.0 Å². The van der Waals surface area contributed by atoms with E-state index < -0.39 is 0 Å². The van der Waals surface area contributed by atoms with E-state index in [1.165, 1.54) is 64.3 Å². The molecule has 1 saturated heterocycles. The Kier molecular flexibility index (Phi) is 2.99. The zero-order valence-corrected chi connectivity index (χ0v) is 10.8. The van der Waals surface area contributed by atoms with Crippen molar-refractivity contribution >= 4 is 0 Å². The van der Waals surface area contributed by atoms with Gasteiger partial charge in [0.25, 0.3) is 0 Å². The number of rotatable bonds is 3. The van der Waals surface area contributed by atoms with Crippen molar-refractivity contribution in [2.24, 2.45) is 17.8 Å². The molecule has 16 heavy (non-hydrogen) atoms. The molecule has 1 heteroatoms. The molecule has 1 N–H and O–H groups in total. The van der Waals surface area contributed by atoms with Crippen LogP contribution < -0.4 is 5.32 Å². The van der Waals surface area contributed by atoms with Crippen molar-refractivity contribution in [2.75, 3.05) is 6.54 Å². The molecule has 0 amide bonds. The molecule has 0 spiro atoms. The van der Waals surface area contributed by atoms with E-state index in [1.54, 1.807) is 0 Å². The Bertz CT molecular complexity index is 238. The van der Waals surface area contributed by atoms with Crippen molar-refractivity contribution in [1.82, 2.24) is 5.32 Å². The molecular weight excluding hydrogens is 194 g/mol. The maximum atomic E-state index is 3.97. The van der Waals surface area contributed by atoms with E-state index in [0.717, 1.165) is 17.8 Å². The summed E-state index contributed by atoms with van der Waals surface area (Å²) in [5, 5.41) is 3.97. The molecule has 0 aromatic rings. The van der Waals surface area contributed by atoms with Crippen molar-refractivity contribution in [2.45, 2.75) is 70.3 Å². The first-order chi connectivity index (χ1) is 7.87. The first-order valence-electron chi connectivity index (χ1n) is 7.62. The minimum atomic E-state index is 0.598. The van der Waals surface area contributed by atoms with Crippen LogP contribution in [0.15, 0.2) is 0 Å². The Morgan fingerprint density at radius 3 is 2.50 bits per heavy atom. The number of hydrogen-bond donors (Lipinski definition) is 1. The molecule has 92 valence electrons. The van der Waals surface area contributed by atoms with E-state index in [0.29, 0.717) is 5.54 Å². The van der Waals surface area contributed by atoms with Gasteiger partial charge in [-0.05, 0) is 56.4 Å². The fraction of sp³-hybridized carbons (Fsp3) is 1.00. The Hall–Kier alpha value is -0.0400. The van der Waals surface area contributed by atoms with E-state index in [1.807, 2.05) is 0 Å². The van der Waals surface area contributed by atoms with Crippen LogP contribution in [-0.4, -0.2) is 12.1 Å². The van der Waals surface area contributed by atoms with Gasteiger partial charge in [0.1, 0.15) is 0 Å². The summed E-state index contributed by atoms with van der Waals surface area (Å²) >= 11 is 0. The zero-order valence-electron chi connectivity index (χ0n) is 10.8. The summed E-state index contributed by atoms with van der Waals surface area (Å²) < 4.78 is 0. The van der Waals surface area contributed by atoms with Gasteiger partial charge in [0.05, 0.1) is 0 Å². The minimum absolute atomic E-state index is 0.598. The van der Waals surface area contributed by atoms with E-state index in [2.05, 4.69) is 12.2 Å². The van der Waals surface area contributed by atoms with Crippen LogP contribution in [0.25, 0.3) is 0 Å². The molecule has 0 bridgehead atoms. The van der Waals surface area contributed by atoms with Crippen LogP contribution in [0.5, 0.6) is 0 Å². The molecule has 3 atom stereocenters. The number of hydrogen-bond acceptors (Lipinski definition) is 1. The quantitative estimate of drug-likeness (QED) is 0.765. The van der Waals surface area contributed by atoms with E-state index >= 15 is 0 Å². The lowest BCUT2D eigenvalue weighted by molar-refractivity contribution is 0.0932. The fourth-order valence-electron chi connectivity index (χ4n) is 4.73. The van der Waals surface area contributed by atoms with Gasteiger partial charge in [-0.15, -0.1) is 0 Å². The van der Waals surface area contributed by atoms with Gasteiger partial charge in [-0.2, -0.15) is 0 Å². The molecule has 3 rings (SSSR count).